The quantitative estimate of drug-likeness (QED) is 0.593. The molecule has 8 heteroatoms. The summed E-state index contributed by atoms with van der Waals surface area (Å²) in [5.74, 6) is 0.0340. The molecule has 1 aliphatic carbocycles. The molecule has 0 atom stereocenters. The third kappa shape index (κ3) is 3.43. The van der Waals surface area contributed by atoms with Crippen molar-refractivity contribution in [1.82, 2.24) is 34.9 Å². The van der Waals surface area contributed by atoms with Crippen LogP contribution in [-0.4, -0.2) is 62.1 Å². The van der Waals surface area contributed by atoms with Gasteiger partial charge in [-0.25, -0.2) is 5.01 Å². The summed E-state index contributed by atoms with van der Waals surface area (Å²) in [6, 6.07) is 6.78. The SMILES string of the molecule is C=CC(=O)N1CC2(CC(n3nc(-c4ccc5c(cnn5C)c4)c(/C=C4\CN(C)NC4=C)c3C)C2)C1. The van der Waals surface area contributed by atoms with Crippen molar-refractivity contribution in [2.45, 2.75) is 25.8 Å². The van der Waals surface area contributed by atoms with E-state index in [-0.39, 0.29) is 11.3 Å². The molecule has 8 nitrogen and oxygen atoms in total. The van der Waals surface area contributed by atoms with E-state index in [1.165, 1.54) is 17.3 Å². The lowest BCUT2D eigenvalue weighted by Crippen LogP contribution is -2.63. The van der Waals surface area contributed by atoms with Gasteiger partial charge < -0.3 is 10.3 Å². The van der Waals surface area contributed by atoms with Crippen molar-refractivity contribution in [1.29, 1.82) is 0 Å². The van der Waals surface area contributed by atoms with Crippen LogP contribution in [-0.2, 0) is 11.8 Å². The first-order valence-electron chi connectivity index (χ1n) is 12.1. The van der Waals surface area contributed by atoms with E-state index in [2.05, 4.69) is 59.6 Å². The molecule has 1 N–H and O–H groups in total. The molecule has 1 saturated carbocycles. The minimum atomic E-state index is 0.0340. The highest BCUT2D eigenvalue weighted by atomic mass is 16.2. The van der Waals surface area contributed by atoms with E-state index in [0.29, 0.717) is 6.04 Å². The first kappa shape index (κ1) is 21.9. The number of hydrazine groups is 1. The van der Waals surface area contributed by atoms with Crippen molar-refractivity contribution < 1.29 is 4.79 Å². The van der Waals surface area contributed by atoms with E-state index >= 15 is 0 Å². The summed E-state index contributed by atoms with van der Waals surface area (Å²) in [4.78, 5) is 13.8. The van der Waals surface area contributed by atoms with Gasteiger partial charge in [-0.3, -0.25) is 14.2 Å². The first-order valence-corrected chi connectivity index (χ1v) is 12.1. The topological polar surface area (TPSA) is 71.2 Å². The largest absolute Gasteiger partial charge is 0.338 e. The molecule has 0 unspecified atom stereocenters. The predicted octanol–water partition coefficient (Wildman–Crippen LogP) is 3.44. The molecular weight excluding hydrogens is 438 g/mol. The number of carbonyl (C=O) groups excluding carboxylic acids is 1. The van der Waals surface area contributed by atoms with Crippen molar-refractivity contribution in [3.8, 4) is 11.3 Å². The Kier molecular flexibility index (Phi) is 4.79. The molecule has 180 valence electrons. The molecule has 3 fully saturated rings. The lowest BCUT2D eigenvalue weighted by atomic mass is 9.60. The number of fused-ring (bicyclic) bond motifs is 1. The summed E-state index contributed by atoms with van der Waals surface area (Å²) < 4.78 is 4.11. The monoisotopic (exact) mass is 469 g/mol. The summed E-state index contributed by atoms with van der Waals surface area (Å²) >= 11 is 0. The molecule has 6 rings (SSSR count). The van der Waals surface area contributed by atoms with E-state index in [4.69, 9.17) is 5.10 Å². The third-order valence-corrected chi connectivity index (χ3v) is 7.88. The predicted molar refractivity (Wildman–Crippen MR) is 137 cm³/mol. The Bertz CT molecular complexity index is 1410. The van der Waals surface area contributed by atoms with Crippen LogP contribution in [0.5, 0.6) is 0 Å². The highest BCUT2D eigenvalue weighted by Gasteiger charge is 2.54. The Hall–Kier alpha value is -3.65. The van der Waals surface area contributed by atoms with E-state index in [1.807, 2.05) is 34.9 Å². The zero-order valence-electron chi connectivity index (χ0n) is 20.6. The summed E-state index contributed by atoms with van der Waals surface area (Å²) in [6.45, 7) is 12.4. The van der Waals surface area contributed by atoms with E-state index in [1.54, 1.807) is 0 Å². The van der Waals surface area contributed by atoms with Crippen LogP contribution >= 0.6 is 0 Å². The number of nitrogens with zero attached hydrogens (tertiary/aromatic N) is 6. The maximum atomic E-state index is 11.9. The number of carbonyl (C=O) groups is 1. The number of benzene rings is 1. The smallest absolute Gasteiger partial charge is 0.245 e. The summed E-state index contributed by atoms with van der Waals surface area (Å²) in [5, 5.41) is 12.7. The lowest BCUT2D eigenvalue weighted by molar-refractivity contribution is -0.149. The van der Waals surface area contributed by atoms with Crippen molar-refractivity contribution in [2.24, 2.45) is 12.5 Å². The molecule has 1 aromatic carbocycles. The number of amides is 1. The second-order valence-electron chi connectivity index (χ2n) is 10.4. The van der Waals surface area contributed by atoms with Gasteiger partial charge in [-0.2, -0.15) is 10.2 Å². The fourth-order valence-corrected chi connectivity index (χ4v) is 6.00. The Morgan fingerprint density at radius 2 is 2.03 bits per heavy atom. The van der Waals surface area contributed by atoms with Crippen molar-refractivity contribution >= 4 is 22.9 Å². The van der Waals surface area contributed by atoms with Crippen LogP contribution in [0.25, 0.3) is 28.2 Å². The molecule has 4 heterocycles. The molecule has 1 spiro atoms. The van der Waals surface area contributed by atoms with Gasteiger partial charge in [-0.05, 0) is 49.6 Å². The maximum Gasteiger partial charge on any atom is 0.245 e. The van der Waals surface area contributed by atoms with E-state index in [9.17, 15) is 4.79 Å². The standard InChI is InChI=1S/C27H31N7O/c1-6-25(35)33-15-27(16-33)11-22(12-27)34-18(3)23(10-21-14-31(4)29-17(21)2)26(30-34)19-7-8-24-20(9-19)13-28-32(24)5/h6-10,13,22,29H,1-2,11-12,14-16H2,3-5H3/b21-10+. The summed E-state index contributed by atoms with van der Waals surface area (Å²) in [6.07, 6.45) is 7.65. The van der Waals surface area contributed by atoms with Gasteiger partial charge in [0.05, 0.1) is 23.4 Å². The van der Waals surface area contributed by atoms with Crippen molar-refractivity contribution in [2.75, 3.05) is 26.7 Å². The first-order chi connectivity index (χ1) is 16.8. The zero-order chi connectivity index (χ0) is 24.5. The Morgan fingerprint density at radius 1 is 1.26 bits per heavy atom. The highest BCUT2D eigenvalue weighted by Crippen LogP contribution is 2.54. The molecule has 1 amide bonds. The van der Waals surface area contributed by atoms with E-state index < -0.39 is 0 Å². The summed E-state index contributed by atoms with van der Waals surface area (Å²) in [5.41, 5.74) is 11.1. The van der Waals surface area contributed by atoms with E-state index in [0.717, 1.165) is 65.9 Å². The Morgan fingerprint density at radius 3 is 2.71 bits per heavy atom. The second kappa shape index (κ2) is 7.68. The minimum absolute atomic E-state index is 0.0340. The van der Waals surface area contributed by atoms with Gasteiger partial charge in [0.15, 0.2) is 0 Å². The van der Waals surface area contributed by atoms with Crippen LogP contribution in [0.15, 0.2) is 54.9 Å². The van der Waals surface area contributed by atoms with Gasteiger partial charge in [0.2, 0.25) is 5.91 Å². The Balaban J connectivity index is 1.36. The number of nitrogens with one attached hydrogen (secondary N) is 1. The normalized spacial score (nSPS) is 20.9. The van der Waals surface area contributed by atoms with Crippen molar-refractivity contribution in [3.05, 3.63) is 66.2 Å². The molecule has 2 saturated heterocycles. The minimum Gasteiger partial charge on any atom is -0.338 e. The van der Waals surface area contributed by atoms with Crippen LogP contribution in [0.1, 0.15) is 30.1 Å². The summed E-state index contributed by atoms with van der Waals surface area (Å²) in [7, 11) is 3.98. The van der Waals surface area contributed by atoms with Gasteiger partial charge in [-0.15, -0.1) is 0 Å². The van der Waals surface area contributed by atoms with Gasteiger partial charge >= 0.3 is 0 Å². The van der Waals surface area contributed by atoms with Crippen LogP contribution < -0.4 is 5.43 Å². The third-order valence-electron chi connectivity index (χ3n) is 7.88. The lowest BCUT2D eigenvalue weighted by Gasteiger charge is -2.58. The second-order valence-corrected chi connectivity index (χ2v) is 10.4. The number of likely N-dealkylation sites (tertiary alicyclic amines) is 1. The molecule has 2 aromatic heterocycles. The zero-order valence-corrected chi connectivity index (χ0v) is 20.6. The molecule has 35 heavy (non-hydrogen) atoms. The van der Waals surface area contributed by atoms with Gasteiger partial charge in [0, 0.05) is 67.0 Å². The fraction of sp³-hybridized carbons (Fsp3) is 0.370. The average Bonchev–Trinajstić information content (AvgIpc) is 3.42. The molecular formula is C27H31N7O. The molecule has 3 aromatic rings. The molecule has 0 bridgehead atoms. The van der Waals surface area contributed by atoms with Crippen LogP contribution in [0.2, 0.25) is 0 Å². The van der Waals surface area contributed by atoms with Crippen LogP contribution in [0.3, 0.4) is 0 Å². The van der Waals surface area contributed by atoms with Gasteiger partial charge in [0.25, 0.3) is 0 Å². The van der Waals surface area contributed by atoms with Gasteiger partial charge in [-0.1, -0.05) is 19.2 Å². The number of aromatic nitrogens is 4. The maximum absolute atomic E-state index is 11.9. The Labute approximate surface area is 205 Å². The highest BCUT2D eigenvalue weighted by molar-refractivity contribution is 5.88. The van der Waals surface area contributed by atoms with Crippen LogP contribution in [0, 0.1) is 12.3 Å². The number of likely N-dealkylation sites (N-methyl/N-ethyl adjacent to an activating group) is 1. The molecule has 3 aliphatic rings. The number of rotatable bonds is 4. The fourth-order valence-electron chi connectivity index (χ4n) is 6.00. The number of aryl methyl sites for hydroxylation is 1. The molecule has 2 aliphatic heterocycles. The average molecular weight is 470 g/mol. The number of hydrogen-bond acceptors (Lipinski definition) is 5. The van der Waals surface area contributed by atoms with Gasteiger partial charge in [0.1, 0.15) is 0 Å². The number of hydrogen-bond donors (Lipinski definition) is 1. The molecule has 0 radical (unpaired) electrons. The van der Waals surface area contributed by atoms with Crippen molar-refractivity contribution in [3.63, 3.8) is 0 Å². The van der Waals surface area contributed by atoms with Crippen LogP contribution in [0.4, 0.5) is 0 Å².